The Labute approximate surface area is 105 Å². The van der Waals surface area contributed by atoms with E-state index in [9.17, 15) is 4.79 Å². The van der Waals surface area contributed by atoms with Crippen molar-refractivity contribution in [3.05, 3.63) is 30.0 Å². The number of rotatable bonds is 5. The molecule has 2 rings (SSSR count). The molecule has 1 atom stereocenters. The molecule has 18 heavy (non-hydrogen) atoms. The summed E-state index contributed by atoms with van der Waals surface area (Å²) >= 11 is 0. The lowest BCUT2D eigenvalue weighted by Crippen LogP contribution is -2.13. The van der Waals surface area contributed by atoms with Gasteiger partial charge in [0.1, 0.15) is 0 Å². The van der Waals surface area contributed by atoms with Crippen LogP contribution < -0.4 is 0 Å². The van der Waals surface area contributed by atoms with Crippen LogP contribution in [0, 0.1) is 0 Å². The Bertz CT molecular complexity index is 536. The molecule has 1 aromatic carbocycles. The number of esters is 1. The van der Waals surface area contributed by atoms with E-state index in [4.69, 9.17) is 9.47 Å². The minimum atomic E-state index is -0.340. The summed E-state index contributed by atoms with van der Waals surface area (Å²) in [6.07, 6.45) is 2.45. The second-order valence-electron chi connectivity index (χ2n) is 4.11. The third-order valence-electron chi connectivity index (χ3n) is 2.86. The predicted molar refractivity (Wildman–Crippen MR) is 67.5 cm³/mol. The number of benzene rings is 1. The molecule has 1 aromatic heterocycles. The monoisotopic (exact) mass is 248 g/mol. The van der Waals surface area contributed by atoms with Crippen LogP contribution in [0.2, 0.25) is 0 Å². The minimum absolute atomic E-state index is 0.0840. The first-order chi connectivity index (χ1) is 8.72. The van der Waals surface area contributed by atoms with Gasteiger partial charge in [0.05, 0.1) is 30.0 Å². The maximum absolute atomic E-state index is 11.9. The van der Waals surface area contributed by atoms with Gasteiger partial charge in [-0.2, -0.15) is 5.10 Å². The van der Waals surface area contributed by atoms with E-state index in [1.165, 1.54) is 0 Å². The number of para-hydroxylation sites is 1. The molecule has 0 aliphatic rings. The number of hydrogen-bond donors (Lipinski definition) is 1. The van der Waals surface area contributed by atoms with Crippen molar-refractivity contribution in [1.82, 2.24) is 10.2 Å². The lowest BCUT2D eigenvalue weighted by atomic mass is 10.1. The number of ether oxygens (including phenoxy) is 2. The zero-order valence-corrected chi connectivity index (χ0v) is 10.5. The molecule has 2 aromatic rings. The molecule has 1 N–H and O–H groups in total. The van der Waals surface area contributed by atoms with Crippen LogP contribution >= 0.6 is 0 Å². The smallest absolute Gasteiger partial charge is 0.340 e. The molecule has 0 spiro atoms. The topological polar surface area (TPSA) is 64.2 Å². The molecule has 0 radical (unpaired) electrons. The van der Waals surface area contributed by atoms with E-state index in [0.29, 0.717) is 24.1 Å². The van der Waals surface area contributed by atoms with Crippen LogP contribution in [0.3, 0.4) is 0 Å². The van der Waals surface area contributed by atoms with Gasteiger partial charge >= 0.3 is 5.97 Å². The number of H-pyrrole nitrogens is 1. The first-order valence-electron chi connectivity index (χ1n) is 5.84. The fourth-order valence-corrected chi connectivity index (χ4v) is 1.65. The molecule has 96 valence electrons. The molecule has 0 amide bonds. The first kappa shape index (κ1) is 12.6. The predicted octanol–water partition coefficient (Wildman–Crippen LogP) is 2.14. The number of methoxy groups -OCH3 is 1. The summed E-state index contributed by atoms with van der Waals surface area (Å²) in [5.41, 5.74) is 1.22. The van der Waals surface area contributed by atoms with Gasteiger partial charge in [-0.1, -0.05) is 12.1 Å². The van der Waals surface area contributed by atoms with Crippen molar-refractivity contribution in [3.8, 4) is 0 Å². The Morgan fingerprint density at radius 3 is 3.11 bits per heavy atom. The van der Waals surface area contributed by atoms with Gasteiger partial charge in [-0.15, -0.1) is 0 Å². The molecular formula is C13H16N2O3. The Kier molecular flexibility index (Phi) is 3.94. The van der Waals surface area contributed by atoms with Crippen molar-refractivity contribution < 1.29 is 14.3 Å². The number of aromatic amines is 1. The third kappa shape index (κ3) is 2.68. The Hall–Kier alpha value is -1.88. The molecule has 0 bridgehead atoms. The third-order valence-corrected chi connectivity index (χ3v) is 2.86. The van der Waals surface area contributed by atoms with Crippen LogP contribution in [-0.2, 0) is 9.47 Å². The van der Waals surface area contributed by atoms with E-state index in [-0.39, 0.29) is 12.1 Å². The van der Waals surface area contributed by atoms with Gasteiger partial charge in [-0.05, 0) is 13.0 Å². The number of carbonyl (C=O) groups is 1. The summed E-state index contributed by atoms with van der Waals surface area (Å²) in [5.74, 6) is -0.340. The van der Waals surface area contributed by atoms with Gasteiger partial charge in [0.25, 0.3) is 0 Å². The highest BCUT2D eigenvalue weighted by molar-refractivity contribution is 6.02. The molecule has 0 saturated carbocycles. The Morgan fingerprint density at radius 1 is 1.50 bits per heavy atom. The number of nitrogens with one attached hydrogen (secondary N) is 1. The average molecular weight is 248 g/mol. The molecule has 1 unspecified atom stereocenters. The molecule has 1 heterocycles. The van der Waals surface area contributed by atoms with Crippen molar-refractivity contribution in [2.24, 2.45) is 0 Å². The van der Waals surface area contributed by atoms with Gasteiger partial charge < -0.3 is 9.47 Å². The second kappa shape index (κ2) is 5.64. The zero-order valence-electron chi connectivity index (χ0n) is 10.5. The van der Waals surface area contributed by atoms with Gasteiger partial charge in [0, 0.05) is 18.9 Å². The highest BCUT2D eigenvalue weighted by atomic mass is 16.5. The summed E-state index contributed by atoms with van der Waals surface area (Å²) in [7, 11) is 1.64. The zero-order chi connectivity index (χ0) is 13.0. The van der Waals surface area contributed by atoms with Crippen molar-refractivity contribution >= 4 is 16.9 Å². The van der Waals surface area contributed by atoms with E-state index >= 15 is 0 Å². The fraction of sp³-hybridized carbons (Fsp3) is 0.385. The second-order valence-corrected chi connectivity index (χ2v) is 4.11. The van der Waals surface area contributed by atoms with E-state index in [0.717, 1.165) is 5.39 Å². The van der Waals surface area contributed by atoms with Crippen LogP contribution in [0.15, 0.2) is 24.4 Å². The van der Waals surface area contributed by atoms with E-state index in [1.807, 2.05) is 19.1 Å². The lowest BCUT2D eigenvalue weighted by Gasteiger charge is -2.09. The SMILES string of the molecule is COC(C)CCOC(=O)c1cccc2cn[nH]c12. The normalized spacial score (nSPS) is 12.6. The van der Waals surface area contributed by atoms with E-state index < -0.39 is 0 Å². The summed E-state index contributed by atoms with van der Waals surface area (Å²) in [6, 6.07) is 5.43. The maximum atomic E-state index is 11.9. The van der Waals surface area contributed by atoms with Crippen LogP contribution in [0.5, 0.6) is 0 Å². The van der Waals surface area contributed by atoms with E-state index in [2.05, 4.69) is 10.2 Å². The molecule has 0 fully saturated rings. The highest BCUT2D eigenvalue weighted by Crippen LogP contribution is 2.16. The summed E-state index contributed by atoms with van der Waals surface area (Å²) < 4.78 is 10.3. The highest BCUT2D eigenvalue weighted by Gasteiger charge is 2.12. The van der Waals surface area contributed by atoms with Crippen LogP contribution in [0.4, 0.5) is 0 Å². The summed E-state index contributed by atoms with van der Waals surface area (Å²) in [5, 5.41) is 7.62. The van der Waals surface area contributed by atoms with Crippen molar-refractivity contribution in [3.63, 3.8) is 0 Å². The maximum Gasteiger partial charge on any atom is 0.340 e. The fourth-order valence-electron chi connectivity index (χ4n) is 1.65. The minimum Gasteiger partial charge on any atom is -0.462 e. The van der Waals surface area contributed by atoms with Crippen molar-refractivity contribution in [2.45, 2.75) is 19.4 Å². The summed E-state index contributed by atoms with van der Waals surface area (Å²) in [4.78, 5) is 11.9. The van der Waals surface area contributed by atoms with Gasteiger partial charge in [0.2, 0.25) is 0 Å². The average Bonchev–Trinajstić information content (AvgIpc) is 2.86. The Balaban J connectivity index is 2.03. The summed E-state index contributed by atoms with van der Waals surface area (Å²) in [6.45, 7) is 2.28. The standard InChI is InChI=1S/C13H16N2O3/c1-9(17-2)6-7-18-13(16)11-5-3-4-10-8-14-15-12(10)11/h3-5,8-9H,6-7H2,1-2H3,(H,14,15). The first-order valence-corrected chi connectivity index (χ1v) is 5.84. The molecule has 0 saturated heterocycles. The molecule has 5 nitrogen and oxygen atoms in total. The number of aromatic nitrogens is 2. The van der Waals surface area contributed by atoms with Crippen LogP contribution in [-0.4, -0.2) is 36.0 Å². The lowest BCUT2D eigenvalue weighted by molar-refractivity contribution is 0.0392. The van der Waals surface area contributed by atoms with E-state index in [1.54, 1.807) is 19.4 Å². The molecule has 0 aliphatic carbocycles. The number of nitrogens with zero attached hydrogens (tertiary/aromatic N) is 1. The quantitative estimate of drug-likeness (QED) is 0.823. The van der Waals surface area contributed by atoms with Gasteiger partial charge in [-0.3, -0.25) is 5.10 Å². The molecule has 5 heteroatoms. The van der Waals surface area contributed by atoms with Crippen molar-refractivity contribution in [2.75, 3.05) is 13.7 Å². The van der Waals surface area contributed by atoms with Crippen LogP contribution in [0.25, 0.3) is 10.9 Å². The largest absolute Gasteiger partial charge is 0.462 e. The molecule has 0 aliphatic heterocycles. The van der Waals surface area contributed by atoms with Crippen LogP contribution in [0.1, 0.15) is 23.7 Å². The van der Waals surface area contributed by atoms with Gasteiger partial charge in [-0.25, -0.2) is 4.79 Å². The van der Waals surface area contributed by atoms with Gasteiger partial charge in [0.15, 0.2) is 0 Å². The number of carbonyl (C=O) groups excluding carboxylic acids is 1. The number of hydrogen-bond acceptors (Lipinski definition) is 4. The Morgan fingerprint density at radius 2 is 2.33 bits per heavy atom. The van der Waals surface area contributed by atoms with Crippen molar-refractivity contribution in [1.29, 1.82) is 0 Å². The number of fused-ring (bicyclic) bond motifs is 1. The molecular weight excluding hydrogens is 232 g/mol.